The summed E-state index contributed by atoms with van der Waals surface area (Å²) >= 11 is 0. The molecule has 9 heteroatoms. The number of nitriles is 1. The minimum atomic E-state index is 0.218. The maximum absolute atomic E-state index is 12.8. The zero-order chi connectivity index (χ0) is 23.6. The molecule has 0 aliphatic carbocycles. The second kappa shape index (κ2) is 12.4. The Bertz CT molecular complexity index is 979. The zero-order valence-electron chi connectivity index (χ0n) is 19.5. The lowest BCUT2D eigenvalue weighted by atomic mass is 9.91. The molecule has 2 N–H and O–H groups in total. The molecular weight excluding hydrogens is 432 g/mol. The van der Waals surface area contributed by atoms with E-state index >= 15 is 0 Å². The molecule has 0 atom stereocenters. The summed E-state index contributed by atoms with van der Waals surface area (Å²) in [4.78, 5) is 25.5. The number of hydrogen-bond acceptors (Lipinski definition) is 9. The fraction of sp³-hybridized carbons (Fsp3) is 0.560. The van der Waals surface area contributed by atoms with Crippen molar-refractivity contribution in [3.05, 3.63) is 35.9 Å². The maximum atomic E-state index is 12.8. The number of nitrogens with zero attached hydrogens (tertiary/aromatic N) is 4. The van der Waals surface area contributed by atoms with Gasteiger partial charge in [0.1, 0.15) is 29.2 Å². The lowest BCUT2D eigenvalue weighted by Crippen LogP contribution is -2.28. The summed E-state index contributed by atoms with van der Waals surface area (Å²) in [6.07, 6.45) is 10.7. The molecule has 34 heavy (non-hydrogen) atoms. The van der Waals surface area contributed by atoms with E-state index in [1.165, 1.54) is 12.4 Å². The zero-order valence-corrected chi connectivity index (χ0v) is 19.5. The molecule has 2 aromatic heterocycles. The second-order valence-electron chi connectivity index (χ2n) is 9.02. The van der Waals surface area contributed by atoms with Crippen LogP contribution in [-0.4, -0.2) is 53.6 Å². The SMILES string of the molecule is N#Cc1cnc(Nc2cc(OCC3CCOCC3)c(CC(=O)CCC3CCNCC3)cn2)cn1. The van der Waals surface area contributed by atoms with Crippen molar-refractivity contribution in [2.45, 2.75) is 44.9 Å². The quantitative estimate of drug-likeness (QED) is 0.546. The molecule has 0 radical (unpaired) electrons. The molecule has 2 aliphatic rings. The number of anilines is 2. The average Bonchev–Trinajstić information content (AvgIpc) is 2.89. The van der Waals surface area contributed by atoms with Crippen LogP contribution in [0.5, 0.6) is 5.75 Å². The van der Waals surface area contributed by atoms with Crippen LogP contribution in [0.4, 0.5) is 11.6 Å². The van der Waals surface area contributed by atoms with Gasteiger partial charge in [-0.2, -0.15) is 5.26 Å². The summed E-state index contributed by atoms with van der Waals surface area (Å²) in [6.45, 7) is 4.20. The molecule has 2 aromatic rings. The summed E-state index contributed by atoms with van der Waals surface area (Å²) in [5, 5.41) is 15.4. The molecule has 9 nitrogen and oxygen atoms in total. The van der Waals surface area contributed by atoms with Gasteiger partial charge in [0.15, 0.2) is 5.69 Å². The third kappa shape index (κ3) is 7.20. The number of pyridine rings is 1. The highest BCUT2D eigenvalue weighted by molar-refractivity contribution is 5.81. The van der Waals surface area contributed by atoms with E-state index in [9.17, 15) is 4.79 Å². The Hall–Kier alpha value is -3.09. The average molecular weight is 465 g/mol. The van der Waals surface area contributed by atoms with E-state index in [1.54, 1.807) is 6.20 Å². The topological polar surface area (TPSA) is 122 Å². The molecule has 0 saturated carbocycles. The van der Waals surface area contributed by atoms with Crippen LogP contribution >= 0.6 is 0 Å². The van der Waals surface area contributed by atoms with Crippen LogP contribution in [0.3, 0.4) is 0 Å². The van der Waals surface area contributed by atoms with E-state index in [0.29, 0.717) is 48.7 Å². The number of piperidine rings is 1. The molecule has 4 heterocycles. The first kappa shape index (κ1) is 24.0. The molecule has 0 amide bonds. The fourth-order valence-electron chi connectivity index (χ4n) is 4.34. The third-order valence-electron chi connectivity index (χ3n) is 6.46. The van der Waals surface area contributed by atoms with Crippen LogP contribution in [0.25, 0.3) is 0 Å². The molecule has 180 valence electrons. The van der Waals surface area contributed by atoms with Crippen LogP contribution in [0, 0.1) is 23.2 Å². The highest BCUT2D eigenvalue weighted by atomic mass is 16.5. The summed E-state index contributed by atoms with van der Waals surface area (Å²) in [5.74, 6) is 2.98. The van der Waals surface area contributed by atoms with Crippen molar-refractivity contribution in [3.8, 4) is 11.8 Å². The minimum Gasteiger partial charge on any atom is -0.493 e. The summed E-state index contributed by atoms with van der Waals surface area (Å²) in [7, 11) is 0. The maximum Gasteiger partial charge on any atom is 0.158 e. The number of ether oxygens (including phenoxy) is 2. The molecule has 0 spiro atoms. The van der Waals surface area contributed by atoms with Crippen LogP contribution in [-0.2, 0) is 16.0 Å². The van der Waals surface area contributed by atoms with Crippen LogP contribution in [0.15, 0.2) is 24.7 Å². The second-order valence-corrected chi connectivity index (χ2v) is 9.02. The van der Waals surface area contributed by atoms with Crippen molar-refractivity contribution in [1.82, 2.24) is 20.3 Å². The first-order valence-electron chi connectivity index (χ1n) is 12.1. The van der Waals surface area contributed by atoms with E-state index in [1.807, 2.05) is 12.1 Å². The van der Waals surface area contributed by atoms with Crippen LogP contribution < -0.4 is 15.4 Å². The van der Waals surface area contributed by atoms with Crippen molar-refractivity contribution in [2.75, 3.05) is 38.2 Å². The van der Waals surface area contributed by atoms with Gasteiger partial charge in [0.05, 0.1) is 19.0 Å². The number of hydrogen-bond donors (Lipinski definition) is 2. The molecule has 0 aromatic carbocycles. The third-order valence-corrected chi connectivity index (χ3v) is 6.46. The van der Waals surface area contributed by atoms with E-state index < -0.39 is 0 Å². The van der Waals surface area contributed by atoms with E-state index in [2.05, 4.69) is 25.6 Å². The van der Waals surface area contributed by atoms with Gasteiger partial charge in [-0.3, -0.25) is 4.79 Å². The van der Waals surface area contributed by atoms with Gasteiger partial charge in [0.25, 0.3) is 0 Å². The highest BCUT2D eigenvalue weighted by Gasteiger charge is 2.19. The van der Waals surface area contributed by atoms with Crippen LogP contribution in [0.2, 0.25) is 0 Å². The molecule has 0 bridgehead atoms. The largest absolute Gasteiger partial charge is 0.493 e. The smallest absolute Gasteiger partial charge is 0.158 e. The van der Waals surface area contributed by atoms with E-state index in [-0.39, 0.29) is 11.5 Å². The Morgan fingerprint density at radius 2 is 1.88 bits per heavy atom. The Kier molecular flexibility index (Phi) is 8.77. The van der Waals surface area contributed by atoms with Gasteiger partial charge in [-0.15, -0.1) is 0 Å². The van der Waals surface area contributed by atoms with Crippen molar-refractivity contribution >= 4 is 17.4 Å². The molecular formula is C25H32N6O3. The normalized spacial score (nSPS) is 17.1. The molecule has 0 unspecified atom stereocenters. The van der Waals surface area contributed by atoms with E-state index in [0.717, 1.165) is 64.0 Å². The predicted octanol–water partition coefficient (Wildman–Crippen LogP) is 3.18. The lowest BCUT2D eigenvalue weighted by Gasteiger charge is -2.23. The number of carbonyl (C=O) groups is 1. The van der Waals surface area contributed by atoms with Crippen molar-refractivity contribution < 1.29 is 14.3 Å². The Morgan fingerprint density at radius 3 is 2.62 bits per heavy atom. The van der Waals surface area contributed by atoms with Gasteiger partial charge >= 0.3 is 0 Å². The number of aromatic nitrogens is 3. The summed E-state index contributed by atoms with van der Waals surface area (Å²) in [6, 6.07) is 3.76. The predicted molar refractivity (Wildman–Crippen MR) is 127 cm³/mol. The Balaban J connectivity index is 1.42. The molecule has 4 rings (SSSR count). The first-order valence-corrected chi connectivity index (χ1v) is 12.1. The van der Waals surface area contributed by atoms with Gasteiger partial charge in [-0.25, -0.2) is 15.0 Å². The van der Waals surface area contributed by atoms with Gasteiger partial charge in [0.2, 0.25) is 0 Å². The van der Waals surface area contributed by atoms with Gasteiger partial charge in [-0.1, -0.05) is 0 Å². The lowest BCUT2D eigenvalue weighted by molar-refractivity contribution is -0.118. The van der Waals surface area contributed by atoms with Crippen LogP contribution in [0.1, 0.15) is 49.8 Å². The molecule has 2 saturated heterocycles. The fourth-order valence-corrected chi connectivity index (χ4v) is 4.34. The first-order chi connectivity index (χ1) is 16.7. The number of nitrogens with one attached hydrogen (secondary N) is 2. The highest BCUT2D eigenvalue weighted by Crippen LogP contribution is 2.27. The Labute approximate surface area is 200 Å². The number of carbonyl (C=O) groups excluding carboxylic acids is 1. The monoisotopic (exact) mass is 464 g/mol. The summed E-state index contributed by atoms with van der Waals surface area (Å²) < 4.78 is 11.7. The molecule has 2 aliphatic heterocycles. The Morgan fingerprint density at radius 1 is 1.09 bits per heavy atom. The van der Waals surface area contributed by atoms with E-state index in [4.69, 9.17) is 14.7 Å². The summed E-state index contributed by atoms with van der Waals surface area (Å²) in [5.41, 5.74) is 1.05. The molecule has 2 fully saturated rings. The standard InChI is InChI=1S/C25H32N6O3/c26-13-21-15-30-25(16-28-21)31-24-12-23(34-17-19-5-9-33-10-6-19)20(14-29-24)11-22(32)2-1-18-3-7-27-8-4-18/h12,14-16,18-19,27H,1-11,17H2,(H,29,30,31). The van der Waals surface area contributed by atoms with Gasteiger partial charge in [-0.05, 0) is 57.0 Å². The van der Waals surface area contributed by atoms with Gasteiger partial charge < -0.3 is 20.1 Å². The van der Waals surface area contributed by atoms with Crippen molar-refractivity contribution in [2.24, 2.45) is 11.8 Å². The number of Topliss-reactive ketones (excluding diaryl/α,β-unsaturated/α-hetero) is 1. The van der Waals surface area contributed by atoms with Crippen molar-refractivity contribution in [1.29, 1.82) is 5.26 Å². The number of ketones is 1. The van der Waals surface area contributed by atoms with Crippen molar-refractivity contribution in [3.63, 3.8) is 0 Å². The van der Waals surface area contributed by atoms with Gasteiger partial charge in [0, 0.05) is 43.9 Å². The number of rotatable bonds is 10. The minimum absolute atomic E-state index is 0.218.